The summed E-state index contributed by atoms with van der Waals surface area (Å²) in [7, 11) is 0. The Morgan fingerprint density at radius 2 is 1.19 bits per heavy atom. The summed E-state index contributed by atoms with van der Waals surface area (Å²) >= 11 is 0. The van der Waals surface area contributed by atoms with Crippen molar-refractivity contribution in [3.05, 3.63) is 78.9 Å². The smallest absolute Gasteiger partial charge is 0.123 e. The van der Waals surface area contributed by atoms with Crippen LogP contribution in [0.15, 0.2) is 78.9 Å². The van der Waals surface area contributed by atoms with Crippen LogP contribution in [0.1, 0.15) is 0 Å². The summed E-state index contributed by atoms with van der Waals surface area (Å²) in [5, 5.41) is 14.3. The van der Waals surface area contributed by atoms with Crippen molar-refractivity contribution >= 4 is 21.5 Å². The molecule has 4 rings (SSSR count). The molecule has 21 heavy (non-hydrogen) atoms. The van der Waals surface area contributed by atoms with E-state index in [4.69, 9.17) is 0 Å². The Labute approximate surface area is 123 Å². The van der Waals surface area contributed by atoms with Crippen LogP contribution in [0.25, 0.3) is 32.7 Å². The molecule has 0 unspecified atom stereocenters. The molecule has 0 fully saturated rings. The fraction of sp³-hybridized carbons (Fsp3) is 0. The Kier molecular flexibility index (Phi) is 2.65. The fourth-order valence-electron chi connectivity index (χ4n) is 2.82. The number of hydrogen-bond acceptors (Lipinski definition) is 1. The van der Waals surface area contributed by atoms with Crippen molar-refractivity contribution in [1.82, 2.24) is 0 Å². The molecule has 4 aromatic carbocycles. The zero-order chi connectivity index (χ0) is 14.2. The van der Waals surface area contributed by atoms with Gasteiger partial charge in [-0.2, -0.15) is 0 Å². The van der Waals surface area contributed by atoms with Gasteiger partial charge in [-0.3, -0.25) is 0 Å². The number of hydrogen-bond donors (Lipinski definition) is 1. The van der Waals surface area contributed by atoms with E-state index in [0.29, 0.717) is 5.75 Å². The normalized spacial score (nSPS) is 11.0. The van der Waals surface area contributed by atoms with E-state index < -0.39 is 0 Å². The van der Waals surface area contributed by atoms with Crippen molar-refractivity contribution in [2.45, 2.75) is 0 Å². The van der Waals surface area contributed by atoms with Gasteiger partial charge < -0.3 is 5.11 Å². The summed E-state index contributed by atoms with van der Waals surface area (Å²) in [4.78, 5) is 0. The summed E-state index contributed by atoms with van der Waals surface area (Å²) in [5.41, 5.74) is 2.36. The molecule has 1 heteroatoms. The summed E-state index contributed by atoms with van der Waals surface area (Å²) in [6.07, 6.45) is 0. The van der Waals surface area contributed by atoms with Crippen LogP contribution in [0.2, 0.25) is 0 Å². The van der Waals surface area contributed by atoms with Gasteiger partial charge in [0.05, 0.1) is 0 Å². The summed E-state index contributed by atoms with van der Waals surface area (Å²) in [5.74, 6) is 0.331. The SMILES string of the molecule is Oc1cccc2cc(-c3ccc4ccccc4c3)ccc12. The second-order valence-corrected chi connectivity index (χ2v) is 5.27. The number of phenolic OH excluding ortho intramolecular Hbond substituents is 1. The first kappa shape index (κ1) is 12.0. The number of phenols is 1. The number of aromatic hydroxyl groups is 1. The molecule has 0 heterocycles. The first-order valence-electron chi connectivity index (χ1n) is 7.02. The Bertz CT molecular complexity index is 954. The minimum atomic E-state index is 0.331. The van der Waals surface area contributed by atoms with Gasteiger partial charge in [0.2, 0.25) is 0 Å². The second kappa shape index (κ2) is 4.64. The summed E-state index contributed by atoms with van der Waals surface area (Å²) in [6.45, 7) is 0. The minimum absolute atomic E-state index is 0.331. The van der Waals surface area contributed by atoms with Crippen LogP contribution in [-0.4, -0.2) is 5.11 Å². The third kappa shape index (κ3) is 2.03. The number of rotatable bonds is 1. The van der Waals surface area contributed by atoms with Crippen molar-refractivity contribution in [3.8, 4) is 16.9 Å². The van der Waals surface area contributed by atoms with Gasteiger partial charge in [0, 0.05) is 5.39 Å². The lowest BCUT2D eigenvalue weighted by Gasteiger charge is -2.07. The first-order valence-corrected chi connectivity index (χ1v) is 7.02. The topological polar surface area (TPSA) is 20.2 Å². The lowest BCUT2D eigenvalue weighted by atomic mass is 9.98. The molecular formula is C20H14O. The molecule has 0 atom stereocenters. The van der Waals surface area contributed by atoms with Crippen LogP contribution in [0, 0.1) is 0 Å². The maximum Gasteiger partial charge on any atom is 0.123 e. The van der Waals surface area contributed by atoms with Crippen LogP contribution in [-0.2, 0) is 0 Å². The van der Waals surface area contributed by atoms with E-state index in [1.807, 2.05) is 18.2 Å². The van der Waals surface area contributed by atoms with E-state index in [-0.39, 0.29) is 0 Å². The van der Waals surface area contributed by atoms with Gasteiger partial charge in [0.1, 0.15) is 5.75 Å². The average Bonchev–Trinajstić information content (AvgIpc) is 2.54. The van der Waals surface area contributed by atoms with Crippen LogP contribution in [0.5, 0.6) is 5.75 Å². The molecule has 0 aliphatic rings. The maximum absolute atomic E-state index is 9.87. The molecular weight excluding hydrogens is 256 g/mol. The first-order chi connectivity index (χ1) is 10.3. The Hall–Kier alpha value is -2.80. The van der Waals surface area contributed by atoms with Crippen molar-refractivity contribution < 1.29 is 5.11 Å². The van der Waals surface area contributed by atoms with Gasteiger partial charge in [0.15, 0.2) is 0 Å². The minimum Gasteiger partial charge on any atom is -0.507 e. The molecule has 0 aromatic heterocycles. The van der Waals surface area contributed by atoms with E-state index in [9.17, 15) is 5.11 Å². The van der Waals surface area contributed by atoms with Crippen LogP contribution >= 0.6 is 0 Å². The molecule has 0 aliphatic carbocycles. The van der Waals surface area contributed by atoms with Gasteiger partial charge in [-0.15, -0.1) is 0 Å². The fourth-order valence-corrected chi connectivity index (χ4v) is 2.82. The van der Waals surface area contributed by atoms with Gasteiger partial charge in [0.25, 0.3) is 0 Å². The molecule has 1 N–H and O–H groups in total. The van der Waals surface area contributed by atoms with E-state index in [1.54, 1.807) is 6.07 Å². The highest BCUT2D eigenvalue weighted by atomic mass is 16.3. The molecule has 4 aromatic rings. The molecule has 0 radical (unpaired) electrons. The zero-order valence-corrected chi connectivity index (χ0v) is 11.5. The molecule has 0 saturated carbocycles. The highest BCUT2D eigenvalue weighted by Crippen LogP contribution is 2.30. The largest absolute Gasteiger partial charge is 0.507 e. The molecule has 0 aliphatic heterocycles. The highest BCUT2D eigenvalue weighted by Gasteiger charge is 2.03. The van der Waals surface area contributed by atoms with Crippen molar-refractivity contribution in [3.63, 3.8) is 0 Å². The third-order valence-electron chi connectivity index (χ3n) is 3.94. The molecule has 0 spiro atoms. The number of fused-ring (bicyclic) bond motifs is 2. The second-order valence-electron chi connectivity index (χ2n) is 5.27. The van der Waals surface area contributed by atoms with Crippen molar-refractivity contribution in [1.29, 1.82) is 0 Å². The van der Waals surface area contributed by atoms with E-state index >= 15 is 0 Å². The van der Waals surface area contributed by atoms with Gasteiger partial charge in [-0.05, 0) is 45.5 Å². The van der Waals surface area contributed by atoms with E-state index in [1.165, 1.54) is 21.9 Å². The van der Waals surface area contributed by atoms with Crippen LogP contribution in [0.3, 0.4) is 0 Å². The summed E-state index contributed by atoms with van der Waals surface area (Å²) < 4.78 is 0. The van der Waals surface area contributed by atoms with E-state index in [2.05, 4.69) is 54.6 Å². The third-order valence-corrected chi connectivity index (χ3v) is 3.94. The lowest BCUT2D eigenvalue weighted by Crippen LogP contribution is -1.81. The van der Waals surface area contributed by atoms with Crippen molar-refractivity contribution in [2.24, 2.45) is 0 Å². The molecule has 0 bridgehead atoms. The van der Waals surface area contributed by atoms with Crippen molar-refractivity contribution in [2.75, 3.05) is 0 Å². The predicted octanol–water partition coefficient (Wildman–Crippen LogP) is 5.37. The Morgan fingerprint density at radius 1 is 0.524 bits per heavy atom. The van der Waals surface area contributed by atoms with Crippen LogP contribution < -0.4 is 0 Å². The number of benzene rings is 4. The predicted molar refractivity (Wildman–Crippen MR) is 88.6 cm³/mol. The standard InChI is InChI=1S/C20H14O/c21-20-7-3-6-18-13-17(10-11-19(18)20)16-9-8-14-4-1-2-5-15(14)12-16/h1-13,21H. The lowest BCUT2D eigenvalue weighted by molar-refractivity contribution is 0.481. The van der Waals surface area contributed by atoms with E-state index in [0.717, 1.165) is 10.8 Å². The average molecular weight is 270 g/mol. The maximum atomic E-state index is 9.87. The highest BCUT2D eigenvalue weighted by molar-refractivity contribution is 5.93. The Morgan fingerprint density at radius 3 is 2.05 bits per heavy atom. The molecule has 0 saturated heterocycles. The van der Waals surface area contributed by atoms with Gasteiger partial charge >= 0.3 is 0 Å². The Balaban J connectivity index is 1.91. The van der Waals surface area contributed by atoms with Crippen LogP contribution in [0.4, 0.5) is 0 Å². The zero-order valence-electron chi connectivity index (χ0n) is 11.5. The molecule has 100 valence electrons. The molecule has 1 nitrogen and oxygen atoms in total. The van der Waals surface area contributed by atoms with Gasteiger partial charge in [-0.25, -0.2) is 0 Å². The quantitative estimate of drug-likeness (QED) is 0.493. The summed E-state index contributed by atoms with van der Waals surface area (Å²) in [6, 6.07) is 26.7. The monoisotopic (exact) mass is 270 g/mol. The molecule has 0 amide bonds. The van der Waals surface area contributed by atoms with Gasteiger partial charge in [-0.1, -0.05) is 60.7 Å².